The van der Waals surface area contributed by atoms with Crippen LogP contribution in [-0.2, 0) is 6.42 Å². The highest BCUT2D eigenvalue weighted by Crippen LogP contribution is 2.30. The van der Waals surface area contributed by atoms with Gasteiger partial charge in [0.25, 0.3) is 0 Å². The van der Waals surface area contributed by atoms with Crippen molar-refractivity contribution >= 4 is 15.9 Å². The zero-order valence-electron chi connectivity index (χ0n) is 8.37. The van der Waals surface area contributed by atoms with Gasteiger partial charge in [-0.25, -0.2) is 0 Å². The molecule has 0 saturated heterocycles. The van der Waals surface area contributed by atoms with E-state index in [0.717, 1.165) is 23.9 Å². The first-order chi connectivity index (χ1) is 6.79. The molecule has 0 N–H and O–H groups in total. The van der Waals surface area contributed by atoms with Crippen LogP contribution in [0.3, 0.4) is 0 Å². The molecule has 1 aliphatic rings. The molecule has 1 aromatic carbocycles. The minimum atomic E-state index is 0.389. The molecule has 0 amide bonds. The maximum Gasteiger partial charge on any atom is 0.123 e. The van der Waals surface area contributed by atoms with Gasteiger partial charge in [0.05, 0.1) is 0 Å². The Morgan fingerprint density at radius 1 is 1.50 bits per heavy atom. The number of para-hydroxylation sites is 1. The van der Waals surface area contributed by atoms with Gasteiger partial charge in [0, 0.05) is 11.8 Å². The number of hydrogen-bond acceptors (Lipinski definition) is 1. The molecule has 1 aliphatic heterocycles. The highest BCUT2D eigenvalue weighted by atomic mass is 79.9. The predicted molar refractivity (Wildman–Crippen MR) is 62.1 cm³/mol. The summed E-state index contributed by atoms with van der Waals surface area (Å²) in [6, 6.07) is 8.34. The lowest BCUT2D eigenvalue weighted by Crippen LogP contribution is -2.17. The average molecular weight is 255 g/mol. The maximum atomic E-state index is 5.86. The zero-order chi connectivity index (χ0) is 9.97. The smallest absolute Gasteiger partial charge is 0.123 e. The standard InChI is InChI=1S/C12H15BrO/c1-9(8-13)6-11-7-10-4-2-3-5-12(10)14-11/h2-5,9,11H,6-8H2,1H3. The lowest BCUT2D eigenvalue weighted by Gasteiger charge is -2.14. The molecule has 0 spiro atoms. The Bertz CT molecular complexity index is 286. The number of rotatable bonds is 3. The molecular formula is C12H15BrO. The fourth-order valence-electron chi connectivity index (χ4n) is 1.90. The van der Waals surface area contributed by atoms with Crippen molar-refractivity contribution in [3.8, 4) is 5.75 Å². The number of halogens is 1. The summed E-state index contributed by atoms with van der Waals surface area (Å²) in [5.41, 5.74) is 1.36. The first-order valence-electron chi connectivity index (χ1n) is 5.10. The van der Waals surface area contributed by atoms with Gasteiger partial charge in [-0.1, -0.05) is 41.1 Å². The van der Waals surface area contributed by atoms with E-state index in [2.05, 4.69) is 41.1 Å². The van der Waals surface area contributed by atoms with E-state index < -0.39 is 0 Å². The fraction of sp³-hybridized carbons (Fsp3) is 0.500. The Hall–Kier alpha value is -0.500. The Morgan fingerprint density at radius 2 is 2.29 bits per heavy atom. The van der Waals surface area contributed by atoms with Crippen LogP contribution in [0.5, 0.6) is 5.75 Å². The summed E-state index contributed by atoms with van der Waals surface area (Å²) in [4.78, 5) is 0. The van der Waals surface area contributed by atoms with Crippen molar-refractivity contribution in [1.29, 1.82) is 0 Å². The lowest BCUT2D eigenvalue weighted by atomic mass is 10.0. The molecule has 2 rings (SSSR count). The van der Waals surface area contributed by atoms with Gasteiger partial charge in [-0.15, -0.1) is 0 Å². The minimum Gasteiger partial charge on any atom is -0.490 e. The first-order valence-corrected chi connectivity index (χ1v) is 6.22. The van der Waals surface area contributed by atoms with Crippen molar-refractivity contribution in [3.63, 3.8) is 0 Å². The number of hydrogen-bond donors (Lipinski definition) is 0. The van der Waals surface area contributed by atoms with E-state index in [0.29, 0.717) is 12.0 Å². The SMILES string of the molecule is CC(CBr)CC1Cc2ccccc2O1. The first kappa shape index (κ1) is 10.0. The second-order valence-corrected chi connectivity index (χ2v) is 4.69. The van der Waals surface area contributed by atoms with Crippen LogP contribution >= 0.6 is 15.9 Å². The van der Waals surface area contributed by atoms with E-state index in [9.17, 15) is 0 Å². The van der Waals surface area contributed by atoms with Gasteiger partial charge in [0.15, 0.2) is 0 Å². The summed E-state index contributed by atoms with van der Waals surface area (Å²) in [7, 11) is 0. The van der Waals surface area contributed by atoms with Gasteiger partial charge >= 0.3 is 0 Å². The third-order valence-corrected chi connectivity index (χ3v) is 3.75. The molecule has 2 heteroatoms. The molecule has 0 radical (unpaired) electrons. The molecule has 1 aromatic rings. The molecule has 1 heterocycles. The van der Waals surface area contributed by atoms with Crippen LogP contribution in [0.15, 0.2) is 24.3 Å². The molecule has 14 heavy (non-hydrogen) atoms. The van der Waals surface area contributed by atoms with E-state index in [1.807, 2.05) is 6.07 Å². The van der Waals surface area contributed by atoms with Crippen LogP contribution in [0.2, 0.25) is 0 Å². The van der Waals surface area contributed by atoms with E-state index in [1.165, 1.54) is 5.56 Å². The molecule has 0 aliphatic carbocycles. The summed E-state index contributed by atoms with van der Waals surface area (Å²) in [5, 5.41) is 1.06. The quantitative estimate of drug-likeness (QED) is 0.752. The summed E-state index contributed by atoms with van der Waals surface area (Å²) >= 11 is 3.50. The van der Waals surface area contributed by atoms with E-state index in [-0.39, 0.29) is 0 Å². The van der Waals surface area contributed by atoms with Crippen LogP contribution in [0.4, 0.5) is 0 Å². The topological polar surface area (TPSA) is 9.23 Å². The van der Waals surface area contributed by atoms with Crippen molar-refractivity contribution < 1.29 is 4.74 Å². The predicted octanol–water partition coefficient (Wildman–Crippen LogP) is 3.41. The van der Waals surface area contributed by atoms with Gasteiger partial charge in [-0.2, -0.15) is 0 Å². The monoisotopic (exact) mass is 254 g/mol. The van der Waals surface area contributed by atoms with E-state index in [1.54, 1.807) is 0 Å². The van der Waals surface area contributed by atoms with Crippen LogP contribution in [-0.4, -0.2) is 11.4 Å². The van der Waals surface area contributed by atoms with Gasteiger partial charge in [-0.3, -0.25) is 0 Å². The maximum absolute atomic E-state index is 5.86. The highest BCUT2D eigenvalue weighted by molar-refractivity contribution is 9.09. The molecule has 0 bridgehead atoms. The van der Waals surface area contributed by atoms with Crippen molar-refractivity contribution in [1.82, 2.24) is 0 Å². The van der Waals surface area contributed by atoms with Gasteiger partial charge in [-0.05, 0) is 24.0 Å². The number of alkyl halides is 1. The summed E-state index contributed by atoms with van der Waals surface area (Å²) in [6.07, 6.45) is 2.60. The number of benzene rings is 1. The van der Waals surface area contributed by atoms with Crippen molar-refractivity contribution in [2.45, 2.75) is 25.9 Å². The molecule has 0 saturated carbocycles. The second kappa shape index (κ2) is 4.35. The summed E-state index contributed by atoms with van der Waals surface area (Å²) in [6.45, 7) is 2.25. The van der Waals surface area contributed by atoms with Crippen LogP contribution < -0.4 is 4.74 Å². The number of ether oxygens (including phenoxy) is 1. The van der Waals surface area contributed by atoms with E-state index in [4.69, 9.17) is 4.74 Å². The Labute approximate surface area is 93.6 Å². The Kier molecular flexibility index (Phi) is 3.12. The van der Waals surface area contributed by atoms with Gasteiger partial charge < -0.3 is 4.74 Å². The minimum absolute atomic E-state index is 0.389. The highest BCUT2D eigenvalue weighted by Gasteiger charge is 2.23. The third-order valence-electron chi connectivity index (χ3n) is 2.64. The van der Waals surface area contributed by atoms with Crippen LogP contribution in [0, 0.1) is 5.92 Å². The molecular weight excluding hydrogens is 240 g/mol. The summed E-state index contributed by atoms with van der Waals surface area (Å²) in [5.74, 6) is 1.77. The normalized spacial score (nSPS) is 21.4. The van der Waals surface area contributed by atoms with Crippen molar-refractivity contribution in [2.24, 2.45) is 5.92 Å². The van der Waals surface area contributed by atoms with Gasteiger partial charge in [0.1, 0.15) is 11.9 Å². The number of fused-ring (bicyclic) bond motifs is 1. The molecule has 0 aromatic heterocycles. The molecule has 0 fully saturated rings. The van der Waals surface area contributed by atoms with Crippen molar-refractivity contribution in [3.05, 3.63) is 29.8 Å². The largest absolute Gasteiger partial charge is 0.490 e. The Balaban J connectivity index is 1.98. The zero-order valence-corrected chi connectivity index (χ0v) is 9.96. The van der Waals surface area contributed by atoms with Gasteiger partial charge in [0.2, 0.25) is 0 Å². The van der Waals surface area contributed by atoms with Crippen LogP contribution in [0.1, 0.15) is 18.9 Å². The third kappa shape index (κ3) is 2.11. The summed E-state index contributed by atoms with van der Waals surface area (Å²) < 4.78 is 5.86. The molecule has 76 valence electrons. The average Bonchev–Trinajstić information content (AvgIpc) is 2.59. The van der Waals surface area contributed by atoms with Crippen LogP contribution in [0.25, 0.3) is 0 Å². The van der Waals surface area contributed by atoms with Crippen molar-refractivity contribution in [2.75, 3.05) is 5.33 Å². The lowest BCUT2D eigenvalue weighted by molar-refractivity contribution is 0.203. The molecule has 2 unspecified atom stereocenters. The molecule has 1 nitrogen and oxygen atoms in total. The van der Waals surface area contributed by atoms with E-state index >= 15 is 0 Å². The molecule has 2 atom stereocenters. The fourth-order valence-corrected chi connectivity index (χ4v) is 2.16. The Morgan fingerprint density at radius 3 is 3.00 bits per heavy atom. The second-order valence-electron chi connectivity index (χ2n) is 4.05.